The lowest BCUT2D eigenvalue weighted by Gasteiger charge is -2.25. The molecule has 34 heavy (non-hydrogen) atoms. The molecule has 0 fully saturated rings. The monoisotopic (exact) mass is 515 g/mol. The van der Waals surface area contributed by atoms with Gasteiger partial charge in [-0.2, -0.15) is 4.98 Å². The number of fused-ring (bicyclic) bond motifs is 1. The summed E-state index contributed by atoms with van der Waals surface area (Å²) in [6.07, 6.45) is 1.83. The Kier molecular flexibility index (Phi) is 6.88. The van der Waals surface area contributed by atoms with Crippen molar-refractivity contribution in [3.8, 4) is 0 Å². The maximum absolute atomic E-state index is 14.9. The molecule has 6 nitrogen and oxygen atoms in total. The number of hydrogen-bond acceptors (Lipinski definition) is 4. The number of rotatable bonds is 4. The lowest BCUT2D eigenvalue weighted by atomic mass is 10.0. The summed E-state index contributed by atoms with van der Waals surface area (Å²) < 4.78 is 16.3. The fourth-order valence-electron chi connectivity index (χ4n) is 3.61. The molecule has 1 amide bonds. The third kappa shape index (κ3) is 4.63. The van der Waals surface area contributed by atoms with Crippen LogP contribution in [0.4, 0.5) is 16.3 Å². The minimum Gasteiger partial charge on any atom is -0.324 e. The molecule has 1 atom stereocenters. The summed E-state index contributed by atoms with van der Waals surface area (Å²) in [4.78, 5) is 17.0. The summed E-state index contributed by atoms with van der Waals surface area (Å²) in [5.74, 6) is -0.456. The molecule has 10 heteroatoms. The van der Waals surface area contributed by atoms with E-state index in [1.165, 1.54) is 10.7 Å². The van der Waals surface area contributed by atoms with Crippen LogP contribution in [0.25, 0.3) is 5.70 Å². The van der Waals surface area contributed by atoms with Crippen LogP contribution in [0.15, 0.2) is 78.9 Å². The summed E-state index contributed by atoms with van der Waals surface area (Å²) in [6.45, 7) is 0. The molecule has 0 radical (unpaired) electrons. The van der Waals surface area contributed by atoms with Crippen molar-refractivity contribution in [3.05, 3.63) is 111 Å². The normalized spacial score (nSPS) is 14.3. The standard InChI is InChI=1S/C24H16Cl2FN5O.ClH/c25-16-11-9-15(10-12-16)22(33)29-23-30-24-28-19(14-5-2-1-3-6-14)13-20(32(24)31-23)21-17(26)7-4-8-18(21)27;/h1-13,20H,(H2,28,29,30,31,33);1H. The molecule has 172 valence electrons. The fourth-order valence-corrected chi connectivity index (χ4v) is 4.01. The predicted octanol–water partition coefficient (Wildman–Crippen LogP) is 6.45. The molecular formula is C24H17Cl3FN5O. The van der Waals surface area contributed by atoms with E-state index in [1.807, 2.05) is 36.4 Å². The predicted molar refractivity (Wildman–Crippen MR) is 134 cm³/mol. The van der Waals surface area contributed by atoms with E-state index in [9.17, 15) is 9.18 Å². The van der Waals surface area contributed by atoms with Crippen molar-refractivity contribution in [2.24, 2.45) is 0 Å². The van der Waals surface area contributed by atoms with E-state index in [2.05, 4.69) is 20.7 Å². The van der Waals surface area contributed by atoms with Gasteiger partial charge in [-0.25, -0.2) is 9.07 Å². The van der Waals surface area contributed by atoms with Crippen LogP contribution in [0.3, 0.4) is 0 Å². The number of hydrogen-bond donors (Lipinski definition) is 2. The number of allylic oxidation sites excluding steroid dienone is 1. The molecule has 2 N–H and O–H groups in total. The minimum atomic E-state index is -0.682. The van der Waals surface area contributed by atoms with E-state index >= 15 is 0 Å². The number of amides is 1. The Hall–Kier alpha value is -3.39. The number of benzene rings is 3. The van der Waals surface area contributed by atoms with E-state index in [4.69, 9.17) is 23.2 Å². The SMILES string of the molecule is Cl.O=C(Nc1nc2n(n1)C(c1c(F)cccc1Cl)C=C(c1ccccc1)N2)c1ccc(Cl)cc1. The molecule has 3 aromatic carbocycles. The lowest BCUT2D eigenvalue weighted by molar-refractivity contribution is 0.102. The molecule has 2 heterocycles. The highest BCUT2D eigenvalue weighted by Gasteiger charge is 2.29. The van der Waals surface area contributed by atoms with Crippen LogP contribution in [-0.4, -0.2) is 20.7 Å². The number of anilines is 2. The van der Waals surface area contributed by atoms with Gasteiger partial charge in [-0.1, -0.05) is 59.6 Å². The molecule has 1 aromatic heterocycles. The lowest BCUT2D eigenvalue weighted by Crippen LogP contribution is -2.21. The summed E-state index contributed by atoms with van der Waals surface area (Å²) in [5.41, 5.74) is 2.26. The van der Waals surface area contributed by atoms with E-state index in [0.717, 1.165) is 11.3 Å². The molecule has 1 unspecified atom stereocenters. The number of nitrogens with one attached hydrogen (secondary N) is 2. The van der Waals surface area contributed by atoms with Gasteiger partial charge in [0.1, 0.15) is 11.9 Å². The van der Waals surface area contributed by atoms with Crippen LogP contribution >= 0.6 is 35.6 Å². The largest absolute Gasteiger partial charge is 0.324 e. The smallest absolute Gasteiger partial charge is 0.258 e. The molecule has 0 spiro atoms. The molecule has 1 aliphatic rings. The van der Waals surface area contributed by atoms with E-state index in [-0.39, 0.29) is 28.9 Å². The van der Waals surface area contributed by atoms with Crippen molar-refractivity contribution in [2.45, 2.75) is 6.04 Å². The first-order valence-electron chi connectivity index (χ1n) is 10.0. The van der Waals surface area contributed by atoms with Crippen LogP contribution in [0.2, 0.25) is 10.0 Å². The zero-order valence-corrected chi connectivity index (χ0v) is 19.7. The molecule has 0 aliphatic carbocycles. The maximum Gasteiger partial charge on any atom is 0.258 e. The number of carbonyl (C=O) groups excluding carboxylic acids is 1. The van der Waals surface area contributed by atoms with Crippen molar-refractivity contribution in [1.82, 2.24) is 14.8 Å². The summed E-state index contributed by atoms with van der Waals surface area (Å²) in [7, 11) is 0. The second-order valence-corrected chi connectivity index (χ2v) is 8.16. The van der Waals surface area contributed by atoms with Gasteiger partial charge in [-0.15, -0.1) is 17.5 Å². The highest BCUT2D eigenvalue weighted by molar-refractivity contribution is 6.31. The van der Waals surface area contributed by atoms with Gasteiger partial charge in [0.05, 0.1) is 0 Å². The van der Waals surface area contributed by atoms with Gasteiger partial charge in [0.2, 0.25) is 5.95 Å². The van der Waals surface area contributed by atoms with E-state index < -0.39 is 17.8 Å². The summed E-state index contributed by atoms with van der Waals surface area (Å²) in [6, 6.07) is 19.8. The third-order valence-electron chi connectivity index (χ3n) is 5.18. The van der Waals surface area contributed by atoms with Crippen molar-refractivity contribution in [3.63, 3.8) is 0 Å². The molecule has 0 bridgehead atoms. The highest BCUT2D eigenvalue weighted by Crippen LogP contribution is 2.37. The van der Waals surface area contributed by atoms with E-state index in [0.29, 0.717) is 16.5 Å². The number of halogens is 4. The second kappa shape index (κ2) is 9.85. The molecule has 0 saturated heterocycles. The first-order valence-corrected chi connectivity index (χ1v) is 10.8. The van der Waals surface area contributed by atoms with Gasteiger partial charge < -0.3 is 5.32 Å². The average Bonchev–Trinajstić information content (AvgIpc) is 3.22. The zero-order chi connectivity index (χ0) is 22.9. The van der Waals surface area contributed by atoms with Gasteiger partial charge >= 0.3 is 0 Å². The Labute approximate surface area is 210 Å². The maximum atomic E-state index is 14.9. The van der Waals surface area contributed by atoms with E-state index in [1.54, 1.807) is 36.4 Å². The second-order valence-electron chi connectivity index (χ2n) is 7.32. The Balaban J connectivity index is 0.00000274. The summed E-state index contributed by atoms with van der Waals surface area (Å²) in [5, 5.41) is 11.1. The third-order valence-corrected chi connectivity index (χ3v) is 5.76. The van der Waals surface area contributed by atoms with Crippen molar-refractivity contribution in [2.75, 3.05) is 10.6 Å². The van der Waals surface area contributed by atoms with Crippen molar-refractivity contribution >= 4 is 59.1 Å². The van der Waals surface area contributed by atoms with Crippen molar-refractivity contribution in [1.29, 1.82) is 0 Å². The molecular weight excluding hydrogens is 500 g/mol. The number of aromatic nitrogens is 3. The molecule has 1 aliphatic heterocycles. The van der Waals surface area contributed by atoms with Crippen LogP contribution in [-0.2, 0) is 0 Å². The van der Waals surface area contributed by atoms with Crippen LogP contribution in [0.5, 0.6) is 0 Å². The van der Waals surface area contributed by atoms with Gasteiger partial charge in [-0.05, 0) is 48.0 Å². The molecule has 4 aromatic rings. The summed E-state index contributed by atoms with van der Waals surface area (Å²) >= 11 is 12.3. The number of nitrogens with zero attached hydrogens (tertiary/aromatic N) is 3. The quantitative estimate of drug-likeness (QED) is 0.327. The van der Waals surface area contributed by atoms with Crippen molar-refractivity contribution < 1.29 is 9.18 Å². The van der Waals surface area contributed by atoms with Crippen LogP contribution in [0, 0.1) is 5.82 Å². The minimum absolute atomic E-state index is 0. The van der Waals surface area contributed by atoms with Gasteiger partial charge in [0, 0.05) is 26.9 Å². The Bertz CT molecular complexity index is 1350. The number of carbonyl (C=O) groups is 1. The fraction of sp³-hybridized carbons (Fsp3) is 0.0417. The Morgan fingerprint density at radius 3 is 2.44 bits per heavy atom. The van der Waals surface area contributed by atoms with Gasteiger partial charge in [0.25, 0.3) is 11.9 Å². The van der Waals surface area contributed by atoms with Gasteiger partial charge in [0.15, 0.2) is 0 Å². The first kappa shape index (κ1) is 23.8. The highest BCUT2D eigenvalue weighted by atomic mass is 35.5. The average molecular weight is 517 g/mol. The Morgan fingerprint density at radius 1 is 1.00 bits per heavy atom. The zero-order valence-electron chi connectivity index (χ0n) is 17.4. The Morgan fingerprint density at radius 2 is 1.74 bits per heavy atom. The van der Waals surface area contributed by atoms with Gasteiger partial charge in [-0.3, -0.25) is 10.1 Å². The van der Waals surface area contributed by atoms with Crippen LogP contribution in [0.1, 0.15) is 27.5 Å². The molecule has 0 saturated carbocycles. The topological polar surface area (TPSA) is 71.8 Å². The van der Waals surface area contributed by atoms with Crippen LogP contribution < -0.4 is 10.6 Å². The first-order chi connectivity index (χ1) is 16.0. The molecule has 5 rings (SSSR count).